The number of ether oxygens (including phenoxy) is 2. The minimum Gasteiger partial charge on any atom is -0.489 e. The molecule has 5 heteroatoms. The van der Waals surface area contributed by atoms with E-state index >= 15 is 0 Å². The number of carbonyl (C=O) groups excluding carboxylic acids is 1. The molecule has 0 fully saturated rings. The first-order valence-corrected chi connectivity index (χ1v) is 12.8. The van der Waals surface area contributed by atoms with Crippen LogP contribution in [0.25, 0.3) is 21.2 Å². The molecule has 172 valence electrons. The van der Waals surface area contributed by atoms with Gasteiger partial charge in [0.1, 0.15) is 12.4 Å². The van der Waals surface area contributed by atoms with E-state index < -0.39 is 0 Å². The van der Waals surface area contributed by atoms with Gasteiger partial charge in [-0.1, -0.05) is 58.2 Å². The third-order valence-electron chi connectivity index (χ3n) is 5.48. The predicted molar refractivity (Wildman–Crippen MR) is 143 cm³/mol. The van der Waals surface area contributed by atoms with Crippen molar-refractivity contribution in [2.24, 2.45) is 0 Å². The van der Waals surface area contributed by atoms with Gasteiger partial charge in [0.2, 0.25) is 0 Å². The molecule has 0 saturated heterocycles. The van der Waals surface area contributed by atoms with E-state index in [9.17, 15) is 4.79 Å². The van der Waals surface area contributed by atoms with E-state index in [2.05, 4.69) is 69.5 Å². The molecule has 0 amide bonds. The summed E-state index contributed by atoms with van der Waals surface area (Å²) in [6.45, 7) is 4.44. The smallest absolute Gasteiger partial charge is 0.307 e. The number of halogens is 1. The fourth-order valence-electron chi connectivity index (χ4n) is 3.83. The van der Waals surface area contributed by atoms with Crippen LogP contribution >= 0.6 is 27.3 Å². The summed E-state index contributed by atoms with van der Waals surface area (Å²) in [6.07, 6.45) is 0.245. The first-order valence-electron chi connectivity index (χ1n) is 11.1. The molecule has 1 atom stereocenters. The Bertz CT molecular complexity index is 1350. The van der Waals surface area contributed by atoms with Crippen molar-refractivity contribution in [3.63, 3.8) is 0 Å². The van der Waals surface area contributed by atoms with Crippen LogP contribution in [-0.2, 0) is 16.1 Å². The number of thiophene rings is 1. The summed E-state index contributed by atoms with van der Waals surface area (Å²) in [7, 11) is 0. The van der Waals surface area contributed by atoms with E-state index in [0.29, 0.717) is 13.2 Å². The summed E-state index contributed by atoms with van der Waals surface area (Å²) in [4.78, 5) is 11.9. The molecule has 34 heavy (non-hydrogen) atoms. The molecule has 0 radical (unpaired) electrons. The highest BCUT2D eigenvalue weighted by Crippen LogP contribution is 2.38. The van der Waals surface area contributed by atoms with Crippen LogP contribution in [0, 0.1) is 11.8 Å². The second-order valence-electron chi connectivity index (χ2n) is 7.77. The SMILES string of the molecule is CC#C[C@@H](CC(=O)OCC)c1ccc(OCc2ccc3scc(-c4ccccc4Br)c3c2)cc1. The van der Waals surface area contributed by atoms with Gasteiger partial charge in [0, 0.05) is 20.1 Å². The van der Waals surface area contributed by atoms with Gasteiger partial charge < -0.3 is 9.47 Å². The van der Waals surface area contributed by atoms with Crippen LogP contribution < -0.4 is 4.74 Å². The molecule has 0 spiro atoms. The zero-order valence-corrected chi connectivity index (χ0v) is 21.5. The predicted octanol–water partition coefficient (Wildman–Crippen LogP) is 7.97. The largest absolute Gasteiger partial charge is 0.489 e. The number of rotatable bonds is 8. The van der Waals surface area contributed by atoms with Crippen LogP contribution in [-0.4, -0.2) is 12.6 Å². The van der Waals surface area contributed by atoms with Crippen molar-refractivity contribution in [1.29, 1.82) is 0 Å². The number of esters is 1. The Kier molecular flexibility index (Phi) is 8.05. The zero-order valence-electron chi connectivity index (χ0n) is 19.1. The molecule has 0 N–H and O–H groups in total. The van der Waals surface area contributed by atoms with Crippen LogP contribution in [0.15, 0.2) is 76.6 Å². The molecule has 3 aromatic carbocycles. The maximum Gasteiger partial charge on any atom is 0.307 e. The molecule has 1 aromatic heterocycles. The molecular weight excluding hydrogens is 508 g/mol. The number of hydrogen-bond acceptors (Lipinski definition) is 4. The van der Waals surface area contributed by atoms with Gasteiger partial charge in [-0.3, -0.25) is 4.79 Å². The fraction of sp³-hybridized carbons (Fsp3) is 0.207. The topological polar surface area (TPSA) is 35.5 Å². The minimum atomic E-state index is -0.235. The number of carbonyl (C=O) groups is 1. The van der Waals surface area contributed by atoms with Gasteiger partial charge in [0.15, 0.2) is 0 Å². The third kappa shape index (κ3) is 5.70. The van der Waals surface area contributed by atoms with E-state index in [-0.39, 0.29) is 18.3 Å². The van der Waals surface area contributed by atoms with Crippen LogP contribution in [0.2, 0.25) is 0 Å². The zero-order chi connectivity index (χ0) is 23.9. The lowest BCUT2D eigenvalue weighted by Crippen LogP contribution is -2.09. The lowest BCUT2D eigenvalue weighted by Gasteiger charge is -2.12. The van der Waals surface area contributed by atoms with Crippen LogP contribution in [0.4, 0.5) is 0 Å². The Hall–Kier alpha value is -3.07. The van der Waals surface area contributed by atoms with Crippen molar-refractivity contribution in [1.82, 2.24) is 0 Å². The van der Waals surface area contributed by atoms with Crippen molar-refractivity contribution >= 4 is 43.3 Å². The second-order valence-corrected chi connectivity index (χ2v) is 9.54. The van der Waals surface area contributed by atoms with E-state index in [1.807, 2.05) is 37.3 Å². The molecule has 0 aliphatic rings. The van der Waals surface area contributed by atoms with Gasteiger partial charge in [-0.25, -0.2) is 0 Å². The van der Waals surface area contributed by atoms with Crippen molar-refractivity contribution < 1.29 is 14.3 Å². The molecular formula is C29H25BrO3S. The van der Waals surface area contributed by atoms with E-state index in [4.69, 9.17) is 9.47 Å². The quantitative estimate of drug-likeness (QED) is 0.170. The maximum absolute atomic E-state index is 11.9. The average Bonchev–Trinajstić information content (AvgIpc) is 3.26. The summed E-state index contributed by atoms with van der Waals surface area (Å²) in [5, 5.41) is 3.44. The molecule has 0 saturated carbocycles. The van der Waals surface area contributed by atoms with Gasteiger partial charge in [-0.2, -0.15) is 0 Å². The highest BCUT2D eigenvalue weighted by Gasteiger charge is 2.15. The second kappa shape index (κ2) is 11.4. The number of benzene rings is 3. The van der Waals surface area contributed by atoms with Gasteiger partial charge in [-0.15, -0.1) is 17.3 Å². The maximum atomic E-state index is 11.9. The monoisotopic (exact) mass is 532 g/mol. The summed E-state index contributed by atoms with van der Waals surface area (Å²) in [5.74, 6) is 6.38. The first kappa shape index (κ1) is 24.1. The van der Waals surface area contributed by atoms with Crippen LogP contribution in [0.3, 0.4) is 0 Å². The molecule has 0 aliphatic carbocycles. The van der Waals surface area contributed by atoms with Gasteiger partial charge >= 0.3 is 5.97 Å². The lowest BCUT2D eigenvalue weighted by molar-refractivity contribution is -0.143. The highest BCUT2D eigenvalue weighted by molar-refractivity contribution is 9.10. The minimum absolute atomic E-state index is 0.185. The fourth-order valence-corrected chi connectivity index (χ4v) is 5.27. The lowest BCUT2D eigenvalue weighted by atomic mass is 9.96. The Morgan fingerprint density at radius 1 is 1.06 bits per heavy atom. The summed E-state index contributed by atoms with van der Waals surface area (Å²) in [6, 6.07) is 22.6. The van der Waals surface area contributed by atoms with E-state index in [0.717, 1.165) is 21.3 Å². The van der Waals surface area contributed by atoms with Gasteiger partial charge in [0.25, 0.3) is 0 Å². The molecule has 3 nitrogen and oxygen atoms in total. The van der Waals surface area contributed by atoms with Gasteiger partial charge in [-0.05, 0) is 66.2 Å². The standard InChI is InChI=1S/C29H25BrO3S/c1-3-7-22(17-29(31)32-4-2)21-11-13-23(14-12-21)33-18-20-10-15-28-25(16-20)26(19-34-28)24-8-5-6-9-27(24)30/h5-6,8-16,19,22H,4,17-18H2,1-2H3/t22-/m0/s1. The Morgan fingerprint density at radius 2 is 1.85 bits per heavy atom. The van der Waals surface area contributed by atoms with Crippen molar-refractivity contribution in [2.75, 3.05) is 6.61 Å². The number of fused-ring (bicyclic) bond motifs is 1. The molecule has 0 aliphatic heterocycles. The van der Waals surface area contributed by atoms with Crippen LogP contribution in [0.1, 0.15) is 37.3 Å². The van der Waals surface area contributed by atoms with Crippen molar-refractivity contribution in [2.45, 2.75) is 32.8 Å². The summed E-state index contributed by atoms with van der Waals surface area (Å²) in [5.41, 5.74) is 4.51. The average molecular weight is 533 g/mol. The van der Waals surface area contributed by atoms with E-state index in [1.165, 1.54) is 21.2 Å². The molecule has 4 rings (SSSR count). The van der Waals surface area contributed by atoms with Gasteiger partial charge in [0.05, 0.1) is 18.9 Å². The normalized spacial score (nSPS) is 11.5. The van der Waals surface area contributed by atoms with Crippen molar-refractivity contribution in [3.05, 3.63) is 87.7 Å². The Morgan fingerprint density at radius 3 is 2.59 bits per heavy atom. The molecule has 0 unspecified atom stereocenters. The Labute approximate surface area is 212 Å². The first-order chi connectivity index (χ1) is 16.6. The van der Waals surface area contributed by atoms with Crippen LogP contribution in [0.5, 0.6) is 5.75 Å². The summed E-state index contributed by atoms with van der Waals surface area (Å²) < 4.78 is 13.5. The van der Waals surface area contributed by atoms with E-state index in [1.54, 1.807) is 18.3 Å². The Balaban J connectivity index is 1.47. The molecule has 4 aromatic rings. The third-order valence-corrected chi connectivity index (χ3v) is 7.14. The highest BCUT2D eigenvalue weighted by atomic mass is 79.9. The summed E-state index contributed by atoms with van der Waals surface area (Å²) >= 11 is 5.43. The van der Waals surface area contributed by atoms with Crippen molar-refractivity contribution in [3.8, 4) is 28.7 Å². The molecule has 1 heterocycles. The number of hydrogen-bond donors (Lipinski definition) is 0. The molecule has 0 bridgehead atoms.